The fourth-order valence-corrected chi connectivity index (χ4v) is 5.93. The van der Waals surface area contributed by atoms with Gasteiger partial charge >= 0.3 is 12.1 Å². The van der Waals surface area contributed by atoms with Gasteiger partial charge in [0.15, 0.2) is 0 Å². The maximum atomic E-state index is 12.9. The molecule has 0 radical (unpaired) electrons. The maximum absolute atomic E-state index is 12.9. The summed E-state index contributed by atoms with van der Waals surface area (Å²) < 4.78 is 5.65. The molecule has 3 aliphatic carbocycles. The van der Waals surface area contributed by atoms with Crippen LogP contribution in [0.1, 0.15) is 56.1 Å². The van der Waals surface area contributed by atoms with E-state index in [1.165, 1.54) is 22.3 Å². The molecule has 0 aliphatic heterocycles. The SMILES string of the molecule is CC[C@@H](CC(=O)O)NC(=O)[C@@]12C[C@@H](NC(=O)OCC3c4ccccc4-c4ccccc43)C[C@@H]1C2. The Balaban J connectivity index is 1.16. The minimum Gasteiger partial charge on any atom is -0.481 e. The number of nitrogens with one attached hydrogen (secondary N) is 2. The number of alkyl carbamates (subject to hydrolysis) is 1. The van der Waals surface area contributed by atoms with Gasteiger partial charge in [-0.25, -0.2) is 4.79 Å². The van der Waals surface area contributed by atoms with Crippen LogP contribution in [0.25, 0.3) is 11.1 Å². The van der Waals surface area contributed by atoms with Crippen LogP contribution in [0.3, 0.4) is 0 Å². The maximum Gasteiger partial charge on any atom is 0.407 e. The molecule has 0 unspecified atom stereocenters. The van der Waals surface area contributed by atoms with E-state index in [1.54, 1.807) is 0 Å². The Labute approximate surface area is 198 Å². The van der Waals surface area contributed by atoms with Crippen molar-refractivity contribution in [3.05, 3.63) is 59.7 Å². The second-order valence-corrected chi connectivity index (χ2v) is 9.84. The number of carbonyl (C=O) groups excluding carboxylic acids is 2. The van der Waals surface area contributed by atoms with Crippen LogP contribution in [0.15, 0.2) is 48.5 Å². The molecule has 7 heteroatoms. The van der Waals surface area contributed by atoms with Crippen molar-refractivity contribution in [3.8, 4) is 11.1 Å². The number of aliphatic carboxylic acids is 1. The molecule has 0 saturated heterocycles. The molecule has 0 heterocycles. The second kappa shape index (κ2) is 8.78. The molecule has 2 amide bonds. The van der Waals surface area contributed by atoms with Crippen LogP contribution in [-0.2, 0) is 14.3 Å². The Bertz CT molecular complexity index is 1090. The van der Waals surface area contributed by atoms with Crippen LogP contribution in [0.2, 0.25) is 0 Å². The standard InChI is InChI=1S/C27H30N2O5/c1-2-17(12-24(30)31)28-25(32)27-13-16(27)11-18(14-27)29-26(33)34-15-23-21-9-5-3-7-19(21)20-8-4-6-10-22(20)23/h3-10,16-18,23H,2,11-15H2,1H3,(H,28,32)(H,29,33)(H,30,31)/t16-,17+,18+,27+/m1/s1. The highest BCUT2D eigenvalue weighted by Gasteiger charge is 2.65. The number of ether oxygens (including phenoxy) is 1. The molecule has 5 rings (SSSR count). The zero-order chi connectivity index (χ0) is 23.9. The molecular weight excluding hydrogens is 432 g/mol. The molecule has 0 bridgehead atoms. The number of hydrogen-bond donors (Lipinski definition) is 3. The zero-order valence-electron chi connectivity index (χ0n) is 19.3. The lowest BCUT2D eigenvalue weighted by Crippen LogP contribution is -2.42. The van der Waals surface area contributed by atoms with Crippen LogP contribution in [0, 0.1) is 11.3 Å². The van der Waals surface area contributed by atoms with E-state index >= 15 is 0 Å². The van der Waals surface area contributed by atoms with Gasteiger partial charge in [0.1, 0.15) is 6.61 Å². The molecule has 0 aromatic heterocycles. The molecule has 2 aromatic carbocycles. The number of carboxylic acid groups (broad SMARTS) is 1. The fraction of sp³-hybridized carbons (Fsp3) is 0.444. The Morgan fingerprint density at radius 3 is 2.32 bits per heavy atom. The van der Waals surface area contributed by atoms with Gasteiger partial charge in [0.2, 0.25) is 5.91 Å². The Morgan fingerprint density at radius 1 is 1.06 bits per heavy atom. The first-order chi connectivity index (χ1) is 16.4. The number of carboxylic acids is 1. The molecule has 4 atom stereocenters. The van der Waals surface area contributed by atoms with E-state index in [-0.39, 0.29) is 42.9 Å². The molecule has 3 aliphatic rings. The van der Waals surface area contributed by atoms with Gasteiger partial charge in [0, 0.05) is 18.0 Å². The third-order valence-electron chi connectivity index (χ3n) is 7.78. The van der Waals surface area contributed by atoms with Crippen molar-refractivity contribution in [1.82, 2.24) is 10.6 Å². The minimum atomic E-state index is -0.918. The first-order valence-corrected chi connectivity index (χ1v) is 12.1. The minimum absolute atomic E-state index is 0.00691. The van der Waals surface area contributed by atoms with Crippen LogP contribution in [-0.4, -0.2) is 41.8 Å². The van der Waals surface area contributed by atoms with Gasteiger partial charge in [-0.2, -0.15) is 0 Å². The Kier molecular flexibility index (Phi) is 5.80. The topological polar surface area (TPSA) is 105 Å². The summed E-state index contributed by atoms with van der Waals surface area (Å²) in [7, 11) is 0. The van der Waals surface area contributed by atoms with Crippen molar-refractivity contribution >= 4 is 18.0 Å². The highest BCUT2D eigenvalue weighted by molar-refractivity contribution is 5.87. The molecule has 7 nitrogen and oxygen atoms in total. The van der Waals surface area contributed by atoms with Crippen molar-refractivity contribution in [2.75, 3.05) is 6.61 Å². The molecule has 2 aromatic rings. The average molecular weight is 463 g/mol. The Morgan fingerprint density at radius 2 is 1.71 bits per heavy atom. The van der Waals surface area contributed by atoms with E-state index < -0.39 is 17.5 Å². The van der Waals surface area contributed by atoms with Crippen LogP contribution in [0.4, 0.5) is 4.79 Å². The first-order valence-electron chi connectivity index (χ1n) is 12.1. The number of carbonyl (C=O) groups is 3. The lowest BCUT2D eigenvalue weighted by molar-refractivity contribution is -0.138. The van der Waals surface area contributed by atoms with E-state index in [0.29, 0.717) is 12.8 Å². The second-order valence-electron chi connectivity index (χ2n) is 9.84. The largest absolute Gasteiger partial charge is 0.481 e. The smallest absolute Gasteiger partial charge is 0.407 e. The van der Waals surface area contributed by atoms with Crippen molar-refractivity contribution in [3.63, 3.8) is 0 Å². The summed E-state index contributed by atoms with van der Waals surface area (Å²) in [4.78, 5) is 36.5. The van der Waals surface area contributed by atoms with E-state index in [1.807, 2.05) is 31.2 Å². The molecule has 3 N–H and O–H groups in total. The number of benzene rings is 2. The van der Waals surface area contributed by atoms with E-state index in [0.717, 1.165) is 12.8 Å². The lowest BCUT2D eigenvalue weighted by atomic mass is 9.98. The van der Waals surface area contributed by atoms with E-state index in [4.69, 9.17) is 9.84 Å². The third kappa shape index (κ3) is 4.04. The lowest BCUT2D eigenvalue weighted by Gasteiger charge is -2.21. The van der Waals surface area contributed by atoms with Gasteiger partial charge in [-0.05, 0) is 53.9 Å². The average Bonchev–Trinajstić information content (AvgIpc) is 3.25. The molecule has 34 heavy (non-hydrogen) atoms. The van der Waals surface area contributed by atoms with Crippen molar-refractivity contribution in [1.29, 1.82) is 0 Å². The van der Waals surface area contributed by atoms with Gasteiger partial charge in [-0.1, -0.05) is 55.5 Å². The molecule has 2 saturated carbocycles. The molecule has 178 valence electrons. The van der Waals surface area contributed by atoms with Gasteiger partial charge in [-0.15, -0.1) is 0 Å². The summed E-state index contributed by atoms with van der Waals surface area (Å²) in [6, 6.07) is 15.9. The quantitative estimate of drug-likeness (QED) is 0.549. The van der Waals surface area contributed by atoms with Gasteiger partial charge in [0.05, 0.1) is 11.8 Å². The summed E-state index contributed by atoms with van der Waals surface area (Å²) in [5, 5.41) is 14.9. The van der Waals surface area contributed by atoms with Gasteiger partial charge in [0.25, 0.3) is 0 Å². The number of hydrogen-bond acceptors (Lipinski definition) is 4. The summed E-state index contributed by atoms with van der Waals surface area (Å²) in [5.74, 6) is -0.762. The summed E-state index contributed by atoms with van der Waals surface area (Å²) in [6.45, 7) is 2.13. The predicted molar refractivity (Wildman–Crippen MR) is 126 cm³/mol. The molecule has 2 fully saturated rings. The zero-order valence-corrected chi connectivity index (χ0v) is 19.3. The summed E-state index contributed by atoms with van der Waals surface area (Å²) >= 11 is 0. The number of fused-ring (bicyclic) bond motifs is 4. The normalized spacial score (nSPS) is 25.0. The Hall–Kier alpha value is -3.35. The fourth-order valence-electron chi connectivity index (χ4n) is 5.93. The number of amides is 2. The monoisotopic (exact) mass is 462 g/mol. The highest BCUT2D eigenvalue weighted by atomic mass is 16.5. The van der Waals surface area contributed by atoms with Crippen LogP contribution < -0.4 is 10.6 Å². The first kappa shape index (κ1) is 22.4. The number of rotatable bonds is 8. The highest BCUT2D eigenvalue weighted by Crippen LogP contribution is 2.63. The van der Waals surface area contributed by atoms with E-state index in [2.05, 4.69) is 34.9 Å². The molecular formula is C27H30N2O5. The van der Waals surface area contributed by atoms with Crippen molar-refractivity contribution < 1.29 is 24.2 Å². The van der Waals surface area contributed by atoms with Crippen LogP contribution >= 0.6 is 0 Å². The predicted octanol–water partition coefficient (Wildman–Crippen LogP) is 4.06. The van der Waals surface area contributed by atoms with Gasteiger partial charge in [-0.3, -0.25) is 9.59 Å². The molecule has 0 spiro atoms. The van der Waals surface area contributed by atoms with E-state index in [9.17, 15) is 14.4 Å². The van der Waals surface area contributed by atoms with Crippen molar-refractivity contribution in [2.24, 2.45) is 11.3 Å². The van der Waals surface area contributed by atoms with Crippen LogP contribution in [0.5, 0.6) is 0 Å². The summed E-state index contributed by atoms with van der Waals surface area (Å²) in [6.07, 6.45) is 2.14. The van der Waals surface area contributed by atoms with Gasteiger partial charge < -0.3 is 20.5 Å². The third-order valence-corrected chi connectivity index (χ3v) is 7.78. The van der Waals surface area contributed by atoms with Crippen molar-refractivity contribution in [2.45, 2.75) is 57.0 Å². The summed E-state index contributed by atoms with van der Waals surface area (Å²) in [5.41, 5.74) is 4.23.